The van der Waals surface area contributed by atoms with Crippen molar-refractivity contribution in [3.63, 3.8) is 0 Å². The lowest BCUT2D eigenvalue weighted by Gasteiger charge is -2.10. The van der Waals surface area contributed by atoms with Gasteiger partial charge in [0.15, 0.2) is 6.61 Å². The zero-order valence-corrected chi connectivity index (χ0v) is 17.7. The quantitative estimate of drug-likeness (QED) is 0.475. The zero-order chi connectivity index (χ0) is 22.0. The SMILES string of the molecule is Cc1ccc(NC(=O)COc2ccc3c(=O)c(-c4ccccc4)c(C)oc3c2)cc1C. The van der Waals surface area contributed by atoms with Gasteiger partial charge >= 0.3 is 0 Å². The molecule has 3 aromatic carbocycles. The Bertz CT molecular complexity index is 1320. The van der Waals surface area contributed by atoms with E-state index in [0.29, 0.717) is 28.0 Å². The van der Waals surface area contributed by atoms with Gasteiger partial charge in [-0.2, -0.15) is 0 Å². The molecule has 1 N–H and O–H groups in total. The van der Waals surface area contributed by atoms with Crippen LogP contribution in [0.25, 0.3) is 22.1 Å². The molecular weight excluding hydrogens is 390 g/mol. The van der Waals surface area contributed by atoms with E-state index in [9.17, 15) is 9.59 Å². The van der Waals surface area contributed by atoms with Crippen LogP contribution < -0.4 is 15.5 Å². The molecule has 4 rings (SSSR count). The first kappa shape index (κ1) is 20.4. The molecule has 5 heteroatoms. The van der Waals surface area contributed by atoms with Crippen LogP contribution in [0.1, 0.15) is 16.9 Å². The van der Waals surface area contributed by atoms with Crippen LogP contribution in [0.15, 0.2) is 75.9 Å². The van der Waals surface area contributed by atoms with E-state index in [2.05, 4.69) is 5.32 Å². The molecule has 0 aliphatic carbocycles. The monoisotopic (exact) mass is 413 g/mol. The van der Waals surface area contributed by atoms with Gasteiger partial charge in [-0.15, -0.1) is 0 Å². The summed E-state index contributed by atoms with van der Waals surface area (Å²) in [5.74, 6) is 0.728. The maximum absolute atomic E-state index is 13.0. The molecule has 0 saturated heterocycles. The molecule has 0 aliphatic heterocycles. The van der Waals surface area contributed by atoms with Crippen LogP contribution in [0.4, 0.5) is 5.69 Å². The van der Waals surface area contributed by atoms with Crippen LogP contribution in [0, 0.1) is 20.8 Å². The molecule has 5 nitrogen and oxygen atoms in total. The molecule has 0 bridgehead atoms. The largest absolute Gasteiger partial charge is 0.484 e. The van der Waals surface area contributed by atoms with Gasteiger partial charge < -0.3 is 14.5 Å². The van der Waals surface area contributed by atoms with Crippen molar-refractivity contribution in [1.82, 2.24) is 0 Å². The highest BCUT2D eigenvalue weighted by atomic mass is 16.5. The molecule has 0 saturated carbocycles. The van der Waals surface area contributed by atoms with E-state index >= 15 is 0 Å². The second-order valence-corrected chi connectivity index (χ2v) is 7.52. The Labute approximate surface area is 180 Å². The second kappa shape index (κ2) is 8.48. The smallest absolute Gasteiger partial charge is 0.262 e. The zero-order valence-electron chi connectivity index (χ0n) is 17.7. The van der Waals surface area contributed by atoms with Crippen molar-refractivity contribution < 1.29 is 13.9 Å². The van der Waals surface area contributed by atoms with E-state index in [1.165, 1.54) is 0 Å². The van der Waals surface area contributed by atoms with Gasteiger partial charge in [-0.3, -0.25) is 9.59 Å². The number of carbonyl (C=O) groups is 1. The predicted octanol–water partition coefficient (Wildman–Crippen LogP) is 5.40. The van der Waals surface area contributed by atoms with Crippen LogP contribution in [-0.4, -0.2) is 12.5 Å². The van der Waals surface area contributed by atoms with Crippen LogP contribution in [0.3, 0.4) is 0 Å². The Morgan fingerprint density at radius 2 is 1.71 bits per heavy atom. The first-order valence-electron chi connectivity index (χ1n) is 10.0. The minimum Gasteiger partial charge on any atom is -0.484 e. The number of ether oxygens (including phenoxy) is 1. The minimum atomic E-state index is -0.264. The number of hydrogen-bond donors (Lipinski definition) is 1. The predicted molar refractivity (Wildman–Crippen MR) is 123 cm³/mol. The van der Waals surface area contributed by atoms with E-state index in [4.69, 9.17) is 9.15 Å². The lowest BCUT2D eigenvalue weighted by atomic mass is 10.0. The van der Waals surface area contributed by atoms with Crippen LogP contribution in [0.2, 0.25) is 0 Å². The molecule has 0 spiro atoms. The summed E-state index contributed by atoms with van der Waals surface area (Å²) in [6.45, 7) is 5.64. The fourth-order valence-electron chi connectivity index (χ4n) is 3.48. The van der Waals surface area contributed by atoms with Crippen LogP contribution >= 0.6 is 0 Å². The van der Waals surface area contributed by atoms with Crippen LogP contribution in [-0.2, 0) is 4.79 Å². The third kappa shape index (κ3) is 4.36. The van der Waals surface area contributed by atoms with Gasteiger partial charge in [0.1, 0.15) is 17.1 Å². The highest BCUT2D eigenvalue weighted by molar-refractivity contribution is 5.92. The second-order valence-electron chi connectivity index (χ2n) is 7.52. The molecular formula is C26H23NO4. The number of anilines is 1. The molecule has 0 atom stereocenters. The Morgan fingerprint density at radius 1 is 0.935 bits per heavy atom. The van der Waals surface area contributed by atoms with Crippen molar-refractivity contribution >= 4 is 22.6 Å². The van der Waals surface area contributed by atoms with E-state index in [-0.39, 0.29) is 17.9 Å². The number of rotatable bonds is 5. The first-order chi connectivity index (χ1) is 14.9. The summed E-state index contributed by atoms with van der Waals surface area (Å²) in [5.41, 5.74) is 4.70. The fraction of sp³-hybridized carbons (Fsp3) is 0.154. The molecule has 31 heavy (non-hydrogen) atoms. The molecule has 0 fully saturated rings. The molecule has 1 amide bonds. The summed E-state index contributed by atoms with van der Waals surface area (Å²) >= 11 is 0. The first-order valence-corrected chi connectivity index (χ1v) is 10.0. The highest BCUT2D eigenvalue weighted by Crippen LogP contribution is 2.26. The number of amides is 1. The summed E-state index contributed by atoms with van der Waals surface area (Å²) < 4.78 is 11.5. The Kier molecular flexibility index (Phi) is 5.58. The third-order valence-electron chi connectivity index (χ3n) is 5.26. The van der Waals surface area contributed by atoms with E-state index in [1.54, 1.807) is 25.1 Å². The van der Waals surface area contributed by atoms with E-state index in [1.807, 2.05) is 62.4 Å². The van der Waals surface area contributed by atoms with Crippen molar-refractivity contribution in [2.24, 2.45) is 0 Å². The number of fused-ring (bicyclic) bond motifs is 1. The van der Waals surface area contributed by atoms with E-state index < -0.39 is 0 Å². The Morgan fingerprint density at radius 3 is 2.45 bits per heavy atom. The maximum atomic E-state index is 13.0. The number of benzene rings is 3. The van der Waals surface area contributed by atoms with Gasteiger partial charge in [0.05, 0.1) is 10.9 Å². The number of nitrogens with one attached hydrogen (secondary N) is 1. The molecule has 1 aromatic heterocycles. The number of carbonyl (C=O) groups excluding carboxylic acids is 1. The molecule has 0 aliphatic rings. The summed E-state index contributed by atoms with van der Waals surface area (Å²) in [5, 5.41) is 3.29. The molecule has 1 heterocycles. The van der Waals surface area contributed by atoms with E-state index in [0.717, 1.165) is 22.4 Å². The van der Waals surface area contributed by atoms with Crippen molar-refractivity contribution in [1.29, 1.82) is 0 Å². The lowest BCUT2D eigenvalue weighted by Crippen LogP contribution is -2.20. The van der Waals surface area contributed by atoms with Crippen molar-refractivity contribution in [3.8, 4) is 16.9 Å². The minimum absolute atomic E-state index is 0.0935. The molecule has 0 unspecified atom stereocenters. The molecule has 4 aromatic rings. The average Bonchev–Trinajstić information content (AvgIpc) is 2.75. The summed E-state index contributed by atoms with van der Waals surface area (Å²) in [4.78, 5) is 25.3. The summed E-state index contributed by atoms with van der Waals surface area (Å²) in [6, 6.07) is 20.2. The van der Waals surface area contributed by atoms with Crippen LogP contribution in [0.5, 0.6) is 5.75 Å². The highest BCUT2D eigenvalue weighted by Gasteiger charge is 2.14. The number of hydrogen-bond acceptors (Lipinski definition) is 4. The molecule has 156 valence electrons. The van der Waals surface area contributed by atoms with Gasteiger partial charge in [-0.05, 0) is 61.7 Å². The number of aryl methyl sites for hydroxylation is 3. The lowest BCUT2D eigenvalue weighted by molar-refractivity contribution is -0.118. The summed E-state index contributed by atoms with van der Waals surface area (Å²) in [7, 11) is 0. The van der Waals surface area contributed by atoms with Crippen molar-refractivity contribution in [3.05, 3.63) is 93.8 Å². The normalized spacial score (nSPS) is 10.8. The Balaban J connectivity index is 1.52. The topological polar surface area (TPSA) is 68.5 Å². The average molecular weight is 413 g/mol. The van der Waals surface area contributed by atoms with Crippen molar-refractivity contribution in [2.75, 3.05) is 11.9 Å². The standard InChI is InChI=1S/C26H23NO4/c1-16-9-10-20(13-17(16)2)27-24(28)15-30-21-11-12-22-23(14-21)31-18(3)25(26(22)29)19-7-5-4-6-8-19/h4-14H,15H2,1-3H3,(H,27,28). The third-order valence-corrected chi connectivity index (χ3v) is 5.26. The fourth-order valence-corrected chi connectivity index (χ4v) is 3.48. The maximum Gasteiger partial charge on any atom is 0.262 e. The van der Waals surface area contributed by atoms with Gasteiger partial charge in [0.2, 0.25) is 5.43 Å². The van der Waals surface area contributed by atoms with Crippen molar-refractivity contribution in [2.45, 2.75) is 20.8 Å². The van der Waals surface area contributed by atoms with Gasteiger partial charge in [-0.25, -0.2) is 0 Å². The summed E-state index contributed by atoms with van der Waals surface area (Å²) in [6.07, 6.45) is 0. The van der Waals surface area contributed by atoms with Gasteiger partial charge in [0.25, 0.3) is 5.91 Å². The van der Waals surface area contributed by atoms with Gasteiger partial charge in [-0.1, -0.05) is 36.4 Å². The van der Waals surface area contributed by atoms with Gasteiger partial charge in [0, 0.05) is 11.8 Å². The Hall–Kier alpha value is -3.86. The molecule has 0 radical (unpaired) electrons.